The Bertz CT molecular complexity index is 626. The molecular formula is C18H21NO5. The number of ether oxygens (including phenoxy) is 1. The number of hydrogen-bond acceptors (Lipinski definition) is 5. The molecule has 1 heterocycles. The monoisotopic (exact) mass is 331 g/mol. The average Bonchev–Trinajstić information content (AvgIpc) is 3.09. The van der Waals surface area contributed by atoms with Gasteiger partial charge in [-0.3, -0.25) is 14.4 Å². The predicted octanol–water partition coefficient (Wildman–Crippen LogP) is 1.77. The van der Waals surface area contributed by atoms with E-state index in [0.29, 0.717) is 24.9 Å². The molecule has 1 atom stereocenters. The van der Waals surface area contributed by atoms with Crippen molar-refractivity contribution < 1.29 is 23.9 Å². The van der Waals surface area contributed by atoms with Crippen molar-refractivity contribution >= 4 is 23.4 Å². The molecule has 0 spiro atoms. The van der Waals surface area contributed by atoms with E-state index in [2.05, 4.69) is 0 Å². The molecule has 0 N–H and O–H groups in total. The lowest BCUT2D eigenvalue weighted by Crippen LogP contribution is -2.43. The molecule has 2 rings (SSSR count). The smallest absolute Gasteiger partial charge is 0.376 e. The molecular weight excluding hydrogens is 310 g/mol. The summed E-state index contributed by atoms with van der Waals surface area (Å²) in [5, 5.41) is 0. The quantitative estimate of drug-likeness (QED) is 0.432. The average molecular weight is 331 g/mol. The Morgan fingerprint density at radius 1 is 1.12 bits per heavy atom. The first-order valence-electron chi connectivity index (χ1n) is 8.13. The number of likely N-dealkylation sites (tertiary alicyclic amines) is 1. The number of amides is 1. The van der Waals surface area contributed by atoms with Gasteiger partial charge in [-0.25, -0.2) is 4.79 Å². The van der Waals surface area contributed by atoms with Crippen LogP contribution >= 0.6 is 0 Å². The van der Waals surface area contributed by atoms with Crippen molar-refractivity contribution in [2.24, 2.45) is 0 Å². The first-order valence-corrected chi connectivity index (χ1v) is 8.13. The molecule has 1 fully saturated rings. The highest BCUT2D eigenvalue weighted by Crippen LogP contribution is 2.20. The summed E-state index contributed by atoms with van der Waals surface area (Å²) in [6.45, 7) is 2.17. The van der Waals surface area contributed by atoms with E-state index >= 15 is 0 Å². The molecule has 1 aromatic carbocycles. The summed E-state index contributed by atoms with van der Waals surface area (Å²) in [6.07, 6.45) is 1.23. The van der Waals surface area contributed by atoms with Gasteiger partial charge in [0.25, 0.3) is 5.78 Å². The van der Waals surface area contributed by atoms with E-state index in [1.54, 1.807) is 31.2 Å². The van der Waals surface area contributed by atoms with E-state index in [9.17, 15) is 19.2 Å². The van der Waals surface area contributed by atoms with Gasteiger partial charge in [0.1, 0.15) is 6.04 Å². The molecule has 1 aliphatic heterocycles. The zero-order valence-electron chi connectivity index (χ0n) is 13.7. The molecule has 0 saturated carbocycles. The van der Waals surface area contributed by atoms with Gasteiger partial charge in [0.2, 0.25) is 5.91 Å². The fourth-order valence-electron chi connectivity index (χ4n) is 2.81. The van der Waals surface area contributed by atoms with E-state index in [1.807, 2.05) is 6.07 Å². The molecule has 128 valence electrons. The zero-order valence-corrected chi connectivity index (χ0v) is 13.7. The van der Waals surface area contributed by atoms with Crippen molar-refractivity contribution in [2.45, 2.75) is 38.6 Å². The summed E-state index contributed by atoms with van der Waals surface area (Å²) >= 11 is 0. The van der Waals surface area contributed by atoms with Gasteiger partial charge in [-0.15, -0.1) is 0 Å². The van der Waals surface area contributed by atoms with E-state index in [1.165, 1.54) is 4.90 Å². The molecule has 24 heavy (non-hydrogen) atoms. The van der Waals surface area contributed by atoms with Gasteiger partial charge in [0, 0.05) is 24.9 Å². The SMILES string of the molecule is CCOC(=O)C(=O)[C@@H]1CCCN1C(=O)CCC(=O)c1ccccc1. The fourth-order valence-corrected chi connectivity index (χ4v) is 2.81. The van der Waals surface area contributed by atoms with Gasteiger partial charge >= 0.3 is 5.97 Å². The van der Waals surface area contributed by atoms with Crippen molar-refractivity contribution in [1.82, 2.24) is 4.90 Å². The molecule has 6 nitrogen and oxygen atoms in total. The molecule has 0 aliphatic carbocycles. The maximum Gasteiger partial charge on any atom is 0.376 e. The first kappa shape index (κ1) is 17.8. The van der Waals surface area contributed by atoms with Crippen LogP contribution < -0.4 is 0 Å². The van der Waals surface area contributed by atoms with E-state index < -0.39 is 17.8 Å². The number of Topliss-reactive ketones (excluding diaryl/α,β-unsaturated/α-hetero) is 2. The molecule has 1 aromatic rings. The van der Waals surface area contributed by atoms with Gasteiger partial charge < -0.3 is 9.64 Å². The van der Waals surface area contributed by atoms with Crippen LogP contribution in [-0.4, -0.2) is 47.5 Å². The second-order valence-electron chi connectivity index (χ2n) is 5.62. The highest BCUT2D eigenvalue weighted by atomic mass is 16.5. The third-order valence-electron chi connectivity index (χ3n) is 4.01. The second-order valence-corrected chi connectivity index (χ2v) is 5.62. The standard InChI is InChI=1S/C18H21NO5/c1-2-24-18(23)17(22)14-9-6-12-19(14)16(21)11-10-15(20)13-7-4-3-5-8-13/h3-5,7-8,14H,2,6,9-12H2,1H3/t14-/m0/s1. The Labute approximate surface area is 140 Å². The van der Waals surface area contributed by atoms with Crippen molar-refractivity contribution in [2.75, 3.05) is 13.2 Å². The van der Waals surface area contributed by atoms with Crippen LogP contribution in [0, 0.1) is 0 Å². The van der Waals surface area contributed by atoms with Crippen LogP contribution in [0.1, 0.15) is 43.0 Å². The summed E-state index contributed by atoms with van der Waals surface area (Å²) in [5.74, 6) is -1.98. The summed E-state index contributed by atoms with van der Waals surface area (Å²) < 4.78 is 4.72. The maximum atomic E-state index is 12.3. The third kappa shape index (κ3) is 4.28. The summed E-state index contributed by atoms with van der Waals surface area (Å²) in [4.78, 5) is 49.5. The van der Waals surface area contributed by atoms with E-state index in [-0.39, 0.29) is 31.1 Å². The van der Waals surface area contributed by atoms with Gasteiger partial charge in [0.05, 0.1) is 6.61 Å². The molecule has 0 bridgehead atoms. The van der Waals surface area contributed by atoms with Crippen LogP contribution in [0.5, 0.6) is 0 Å². The van der Waals surface area contributed by atoms with Gasteiger partial charge in [-0.1, -0.05) is 30.3 Å². The van der Waals surface area contributed by atoms with Crippen LogP contribution in [0.2, 0.25) is 0 Å². The van der Waals surface area contributed by atoms with Gasteiger partial charge in [0.15, 0.2) is 5.78 Å². The number of hydrogen-bond donors (Lipinski definition) is 0. The lowest BCUT2D eigenvalue weighted by atomic mass is 10.1. The number of carbonyl (C=O) groups is 4. The van der Waals surface area contributed by atoms with E-state index in [4.69, 9.17) is 4.74 Å². The molecule has 1 saturated heterocycles. The topological polar surface area (TPSA) is 80.8 Å². The number of esters is 1. The summed E-state index contributed by atoms with van der Waals surface area (Å²) in [7, 11) is 0. The Kier molecular flexibility index (Phi) is 6.23. The highest BCUT2D eigenvalue weighted by molar-refractivity contribution is 6.36. The minimum absolute atomic E-state index is 0.0281. The molecule has 0 aromatic heterocycles. The Balaban J connectivity index is 1.92. The Morgan fingerprint density at radius 3 is 2.50 bits per heavy atom. The van der Waals surface area contributed by atoms with Crippen LogP contribution in [0.25, 0.3) is 0 Å². The van der Waals surface area contributed by atoms with Crippen molar-refractivity contribution in [3.63, 3.8) is 0 Å². The number of nitrogens with zero attached hydrogens (tertiary/aromatic N) is 1. The minimum atomic E-state index is -0.900. The Morgan fingerprint density at radius 2 is 1.83 bits per heavy atom. The van der Waals surface area contributed by atoms with Crippen molar-refractivity contribution in [3.05, 3.63) is 35.9 Å². The summed E-state index contributed by atoms with van der Waals surface area (Å²) in [5.41, 5.74) is 0.561. The third-order valence-corrected chi connectivity index (χ3v) is 4.01. The van der Waals surface area contributed by atoms with Gasteiger partial charge in [-0.2, -0.15) is 0 Å². The molecule has 1 aliphatic rings. The van der Waals surface area contributed by atoms with Crippen LogP contribution in [0.4, 0.5) is 0 Å². The first-order chi connectivity index (χ1) is 11.5. The number of rotatable bonds is 7. The number of ketones is 2. The Hall–Kier alpha value is -2.50. The highest BCUT2D eigenvalue weighted by Gasteiger charge is 2.37. The predicted molar refractivity (Wildman–Crippen MR) is 86.4 cm³/mol. The van der Waals surface area contributed by atoms with E-state index in [0.717, 1.165) is 0 Å². The molecule has 0 radical (unpaired) electrons. The molecule has 1 amide bonds. The zero-order chi connectivity index (χ0) is 17.5. The largest absolute Gasteiger partial charge is 0.460 e. The second kappa shape index (κ2) is 8.38. The fraction of sp³-hybridized carbons (Fsp3) is 0.444. The van der Waals surface area contributed by atoms with Crippen molar-refractivity contribution in [1.29, 1.82) is 0 Å². The molecule has 0 unspecified atom stereocenters. The minimum Gasteiger partial charge on any atom is -0.460 e. The maximum absolute atomic E-state index is 12.3. The lowest BCUT2D eigenvalue weighted by molar-refractivity contribution is -0.156. The molecule has 6 heteroatoms. The normalized spacial score (nSPS) is 16.7. The van der Waals surface area contributed by atoms with Gasteiger partial charge in [-0.05, 0) is 19.8 Å². The van der Waals surface area contributed by atoms with Crippen LogP contribution in [-0.2, 0) is 19.1 Å². The lowest BCUT2D eigenvalue weighted by Gasteiger charge is -2.22. The van der Waals surface area contributed by atoms with Crippen molar-refractivity contribution in [3.8, 4) is 0 Å². The number of benzene rings is 1. The van der Waals surface area contributed by atoms with Crippen LogP contribution in [0.15, 0.2) is 30.3 Å². The van der Waals surface area contributed by atoms with Crippen LogP contribution in [0.3, 0.4) is 0 Å². The summed E-state index contributed by atoms with van der Waals surface area (Å²) in [6, 6.07) is 8.00. The number of carbonyl (C=O) groups excluding carboxylic acids is 4.